The third-order valence-electron chi connectivity index (χ3n) is 5.17. The number of nitrogens with zero attached hydrogens (tertiary/aromatic N) is 1. The van der Waals surface area contributed by atoms with Gasteiger partial charge in [0.15, 0.2) is 0 Å². The molecule has 0 aromatic carbocycles. The molecule has 0 N–H and O–H groups in total. The van der Waals surface area contributed by atoms with Crippen LogP contribution in [0.2, 0.25) is 0 Å². The van der Waals surface area contributed by atoms with Crippen molar-refractivity contribution in [3.05, 3.63) is 0 Å². The van der Waals surface area contributed by atoms with Gasteiger partial charge in [0.2, 0.25) is 0 Å². The summed E-state index contributed by atoms with van der Waals surface area (Å²) in [6.07, 6.45) is 1.05. The van der Waals surface area contributed by atoms with Gasteiger partial charge in [0.05, 0.1) is 98.1 Å². The quantitative estimate of drug-likeness (QED) is 0.146. The van der Waals surface area contributed by atoms with Gasteiger partial charge in [-0.15, -0.1) is 0 Å². The first-order valence-electron chi connectivity index (χ1n) is 14.0. The molecule has 0 aliphatic rings. The molecule has 0 aliphatic heterocycles. The lowest BCUT2D eigenvalue weighted by atomic mass is 9.93. The molecular formula is C28H59NO8. The molecule has 0 saturated carbocycles. The van der Waals surface area contributed by atoms with Crippen molar-refractivity contribution in [1.29, 1.82) is 0 Å². The summed E-state index contributed by atoms with van der Waals surface area (Å²) < 4.78 is 44.5. The van der Waals surface area contributed by atoms with E-state index < -0.39 is 0 Å². The van der Waals surface area contributed by atoms with E-state index >= 15 is 0 Å². The van der Waals surface area contributed by atoms with Gasteiger partial charge in [0.1, 0.15) is 0 Å². The smallest absolute Gasteiger partial charge is 0.0701 e. The van der Waals surface area contributed by atoms with Gasteiger partial charge >= 0.3 is 0 Å². The predicted molar refractivity (Wildman–Crippen MR) is 148 cm³/mol. The van der Waals surface area contributed by atoms with E-state index in [1.54, 1.807) is 0 Å². The van der Waals surface area contributed by atoms with Crippen molar-refractivity contribution < 1.29 is 37.9 Å². The molecule has 0 aromatic rings. The van der Waals surface area contributed by atoms with Crippen LogP contribution in [0.5, 0.6) is 0 Å². The van der Waals surface area contributed by atoms with Crippen molar-refractivity contribution >= 4 is 0 Å². The fourth-order valence-corrected chi connectivity index (χ4v) is 2.90. The maximum atomic E-state index is 5.78. The lowest BCUT2D eigenvalue weighted by Crippen LogP contribution is -2.33. The Bertz CT molecular complexity index is 468. The summed E-state index contributed by atoms with van der Waals surface area (Å²) in [5.41, 5.74) is 0.226. The van der Waals surface area contributed by atoms with Crippen LogP contribution in [0.3, 0.4) is 0 Å². The first-order chi connectivity index (χ1) is 17.6. The van der Waals surface area contributed by atoms with Gasteiger partial charge in [0, 0.05) is 19.7 Å². The van der Waals surface area contributed by atoms with Crippen molar-refractivity contribution in [1.82, 2.24) is 4.90 Å². The standard InChI is InChI=1S/C28H59NO8/c1-8-29(11-14-37-28(5,6)7)10-13-31-16-18-33-20-22-35-24-26-36-25-23-34-21-19-32-17-15-30-12-9-27(2,3)4/h8-26H2,1-7H3. The molecule has 0 fully saturated rings. The molecule has 0 aromatic heterocycles. The second kappa shape index (κ2) is 24.7. The lowest BCUT2D eigenvalue weighted by molar-refractivity contribution is -0.0238. The highest BCUT2D eigenvalue weighted by molar-refractivity contribution is 4.61. The van der Waals surface area contributed by atoms with E-state index in [1.807, 2.05) is 0 Å². The van der Waals surface area contributed by atoms with E-state index in [4.69, 9.17) is 37.9 Å². The van der Waals surface area contributed by atoms with Crippen LogP contribution in [0.15, 0.2) is 0 Å². The minimum absolute atomic E-state index is 0.0864. The second-order valence-corrected chi connectivity index (χ2v) is 11.0. The summed E-state index contributed by atoms with van der Waals surface area (Å²) in [5, 5.41) is 0. The fourth-order valence-electron chi connectivity index (χ4n) is 2.90. The van der Waals surface area contributed by atoms with Crippen molar-refractivity contribution in [2.24, 2.45) is 5.41 Å². The molecule has 37 heavy (non-hydrogen) atoms. The van der Waals surface area contributed by atoms with Gasteiger partial charge in [-0.05, 0) is 39.2 Å². The van der Waals surface area contributed by atoms with Crippen molar-refractivity contribution in [3.63, 3.8) is 0 Å². The van der Waals surface area contributed by atoms with Gasteiger partial charge in [-0.1, -0.05) is 27.7 Å². The Labute approximate surface area is 227 Å². The van der Waals surface area contributed by atoms with Crippen molar-refractivity contribution in [2.45, 2.75) is 60.5 Å². The van der Waals surface area contributed by atoms with Gasteiger partial charge in [-0.3, -0.25) is 4.90 Å². The van der Waals surface area contributed by atoms with Crippen LogP contribution in [0.25, 0.3) is 0 Å². The Morgan fingerprint density at radius 3 is 1.08 bits per heavy atom. The van der Waals surface area contributed by atoms with Gasteiger partial charge in [0.25, 0.3) is 0 Å². The Hall–Kier alpha value is -0.360. The highest BCUT2D eigenvalue weighted by Crippen LogP contribution is 2.17. The largest absolute Gasteiger partial charge is 0.379 e. The zero-order chi connectivity index (χ0) is 27.7. The third-order valence-corrected chi connectivity index (χ3v) is 5.17. The molecule has 0 heterocycles. The molecule has 0 saturated heterocycles. The summed E-state index contributed by atoms with van der Waals surface area (Å²) in [6.45, 7) is 26.9. The zero-order valence-electron chi connectivity index (χ0n) is 25.1. The van der Waals surface area contributed by atoms with E-state index in [2.05, 4.69) is 53.4 Å². The van der Waals surface area contributed by atoms with Crippen LogP contribution in [0, 0.1) is 5.41 Å². The first-order valence-corrected chi connectivity index (χ1v) is 14.0. The second-order valence-electron chi connectivity index (χ2n) is 11.0. The summed E-state index contributed by atoms with van der Waals surface area (Å²) in [6, 6.07) is 0. The molecular weight excluding hydrogens is 478 g/mol. The van der Waals surface area contributed by atoms with E-state index in [1.165, 1.54) is 0 Å². The Morgan fingerprint density at radius 2 is 0.757 bits per heavy atom. The van der Waals surface area contributed by atoms with Crippen LogP contribution in [0.1, 0.15) is 54.9 Å². The van der Waals surface area contributed by atoms with Crippen molar-refractivity contribution in [2.75, 3.05) is 119 Å². The van der Waals surface area contributed by atoms with Crippen LogP contribution in [-0.2, 0) is 37.9 Å². The Morgan fingerprint density at radius 1 is 0.432 bits per heavy atom. The topological polar surface area (TPSA) is 77.1 Å². The molecule has 224 valence electrons. The van der Waals surface area contributed by atoms with Crippen LogP contribution in [-0.4, -0.2) is 129 Å². The molecule has 0 amide bonds. The average molecular weight is 538 g/mol. The van der Waals surface area contributed by atoms with E-state index in [0.29, 0.717) is 91.3 Å². The molecule has 0 bridgehead atoms. The Balaban J connectivity index is 3.21. The molecule has 0 atom stereocenters. The number of hydrogen-bond acceptors (Lipinski definition) is 9. The highest BCUT2D eigenvalue weighted by atomic mass is 16.6. The molecule has 0 unspecified atom stereocenters. The number of hydrogen-bond donors (Lipinski definition) is 0. The SMILES string of the molecule is CCN(CCOCCOCCOCCOCCOCCOCCOCCC(C)(C)C)CCOC(C)(C)C. The minimum atomic E-state index is -0.0864. The van der Waals surface area contributed by atoms with Gasteiger partial charge in [-0.25, -0.2) is 0 Å². The Kier molecular flexibility index (Phi) is 24.4. The van der Waals surface area contributed by atoms with Gasteiger partial charge < -0.3 is 37.9 Å². The van der Waals surface area contributed by atoms with Crippen LogP contribution >= 0.6 is 0 Å². The lowest BCUT2D eigenvalue weighted by Gasteiger charge is -2.24. The van der Waals surface area contributed by atoms with Gasteiger partial charge in [-0.2, -0.15) is 0 Å². The van der Waals surface area contributed by atoms with E-state index in [9.17, 15) is 0 Å². The minimum Gasteiger partial charge on any atom is -0.379 e. The number of ether oxygens (including phenoxy) is 8. The first kappa shape index (κ1) is 36.6. The summed E-state index contributed by atoms with van der Waals surface area (Å²) in [4.78, 5) is 2.33. The molecule has 0 spiro atoms. The maximum absolute atomic E-state index is 5.78. The average Bonchev–Trinajstić information content (AvgIpc) is 2.82. The molecule has 9 heteroatoms. The summed E-state index contributed by atoms with van der Waals surface area (Å²) >= 11 is 0. The summed E-state index contributed by atoms with van der Waals surface area (Å²) in [7, 11) is 0. The third kappa shape index (κ3) is 31.8. The van der Waals surface area contributed by atoms with Crippen LogP contribution < -0.4 is 0 Å². The number of rotatable bonds is 27. The number of likely N-dealkylation sites (N-methyl/N-ethyl adjacent to an activating group) is 1. The monoisotopic (exact) mass is 537 g/mol. The maximum Gasteiger partial charge on any atom is 0.0701 e. The van der Waals surface area contributed by atoms with E-state index in [-0.39, 0.29) is 5.60 Å². The molecule has 0 radical (unpaired) electrons. The fraction of sp³-hybridized carbons (Fsp3) is 1.00. The normalized spacial score (nSPS) is 12.6. The zero-order valence-corrected chi connectivity index (χ0v) is 25.1. The highest BCUT2D eigenvalue weighted by Gasteiger charge is 2.11. The van der Waals surface area contributed by atoms with Crippen molar-refractivity contribution in [3.8, 4) is 0 Å². The van der Waals surface area contributed by atoms with E-state index in [0.717, 1.165) is 39.3 Å². The summed E-state index contributed by atoms with van der Waals surface area (Å²) in [5.74, 6) is 0. The predicted octanol–water partition coefficient (Wildman–Crippen LogP) is 3.68. The molecule has 0 aliphatic carbocycles. The molecule has 0 rings (SSSR count). The molecule has 9 nitrogen and oxygen atoms in total. The van der Waals surface area contributed by atoms with Crippen LogP contribution in [0.4, 0.5) is 0 Å².